The summed E-state index contributed by atoms with van der Waals surface area (Å²) >= 11 is 0. The summed E-state index contributed by atoms with van der Waals surface area (Å²) in [6.45, 7) is 10.8. The molecule has 0 saturated heterocycles. The molecule has 0 aliphatic carbocycles. The molecule has 1 aromatic heterocycles. The quantitative estimate of drug-likeness (QED) is 0.424. The fourth-order valence-corrected chi connectivity index (χ4v) is 4.17. The third-order valence-corrected chi connectivity index (χ3v) is 5.89. The van der Waals surface area contributed by atoms with Crippen LogP contribution >= 0.6 is 0 Å². The molecule has 0 saturated carbocycles. The van der Waals surface area contributed by atoms with E-state index in [1.54, 1.807) is 0 Å². The third-order valence-electron chi connectivity index (χ3n) is 5.89. The van der Waals surface area contributed by atoms with Crippen LogP contribution in [0.3, 0.4) is 0 Å². The van der Waals surface area contributed by atoms with E-state index in [0.29, 0.717) is 19.6 Å². The van der Waals surface area contributed by atoms with Crippen molar-refractivity contribution in [2.45, 2.75) is 59.3 Å². The number of carbonyl (C=O) groups excluding carboxylic acids is 1. The lowest BCUT2D eigenvalue weighted by Gasteiger charge is -2.28. The maximum absolute atomic E-state index is 12.0. The van der Waals surface area contributed by atoms with Gasteiger partial charge in [-0.05, 0) is 68.7 Å². The Bertz CT molecular complexity index is 1140. The predicted octanol–water partition coefficient (Wildman–Crippen LogP) is 5.73. The number of nitrogens with zero attached hydrogens (tertiary/aromatic N) is 2. The molecule has 178 valence electrons. The van der Waals surface area contributed by atoms with Gasteiger partial charge >= 0.3 is 5.97 Å². The van der Waals surface area contributed by atoms with Gasteiger partial charge in [-0.3, -0.25) is 14.7 Å². The first kappa shape index (κ1) is 24.0. The van der Waals surface area contributed by atoms with Gasteiger partial charge in [-0.15, -0.1) is 0 Å². The number of ether oxygens (including phenoxy) is 2. The lowest BCUT2D eigenvalue weighted by atomic mass is 10.0. The molecule has 4 rings (SSSR count). The van der Waals surface area contributed by atoms with Gasteiger partial charge in [0.05, 0.1) is 12.1 Å². The van der Waals surface area contributed by atoms with E-state index in [0.717, 1.165) is 53.3 Å². The van der Waals surface area contributed by atoms with Crippen LogP contribution in [-0.4, -0.2) is 34.5 Å². The van der Waals surface area contributed by atoms with Crippen molar-refractivity contribution < 1.29 is 14.3 Å². The van der Waals surface area contributed by atoms with E-state index >= 15 is 0 Å². The highest BCUT2D eigenvalue weighted by atomic mass is 16.6. The van der Waals surface area contributed by atoms with Gasteiger partial charge in [-0.2, -0.15) is 0 Å². The van der Waals surface area contributed by atoms with Crippen LogP contribution in [0.5, 0.6) is 5.75 Å². The predicted molar refractivity (Wildman–Crippen MR) is 135 cm³/mol. The first-order chi connectivity index (χ1) is 16.3. The second-order valence-corrected chi connectivity index (χ2v) is 9.92. The topological polar surface area (TPSA) is 51.7 Å². The van der Waals surface area contributed by atoms with Crippen molar-refractivity contribution in [2.75, 3.05) is 13.1 Å². The summed E-state index contributed by atoms with van der Waals surface area (Å²) < 4.78 is 11.5. The van der Waals surface area contributed by atoms with Gasteiger partial charge < -0.3 is 9.47 Å². The second kappa shape index (κ2) is 10.4. The van der Waals surface area contributed by atoms with Crippen LogP contribution in [0.15, 0.2) is 60.7 Å². The first-order valence-electron chi connectivity index (χ1n) is 12.0. The molecule has 0 unspecified atom stereocenters. The molecule has 0 amide bonds. The highest BCUT2D eigenvalue weighted by Crippen LogP contribution is 2.28. The molecule has 5 heteroatoms. The summed E-state index contributed by atoms with van der Waals surface area (Å²) in [7, 11) is 0. The number of carbonyl (C=O) groups is 1. The standard InChI is InChI=1S/C29H34N2O3/c1-21-18-23(11-13-27(21)33-20-22-8-6-5-7-9-22)25-12-10-24-19-31(16-14-26(24)30-25)17-15-28(32)34-29(2,3)4/h5-13,18H,14-17,19-20H2,1-4H3. The summed E-state index contributed by atoms with van der Waals surface area (Å²) in [6.07, 6.45) is 1.30. The van der Waals surface area contributed by atoms with Crippen molar-refractivity contribution in [3.8, 4) is 17.0 Å². The van der Waals surface area contributed by atoms with Gasteiger partial charge in [0.2, 0.25) is 0 Å². The average molecular weight is 459 g/mol. The zero-order valence-electron chi connectivity index (χ0n) is 20.6. The van der Waals surface area contributed by atoms with Gasteiger partial charge in [-0.1, -0.05) is 36.4 Å². The fraction of sp³-hybridized carbons (Fsp3) is 0.379. The number of rotatable bonds is 7. The zero-order valence-corrected chi connectivity index (χ0v) is 20.6. The second-order valence-electron chi connectivity index (χ2n) is 9.92. The smallest absolute Gasteiger partial charge is 0.307 e. The van der Waals surface area contributed by atoms with E-state index in [9.17, 15) is 4.79 Å². The summed E-state index contributed by atoms with van der Waals surface area (Å²) in [5.74, 6) is 0.754. The molecule has 1 aliphatic heterocycles. The Hall–Kier alpha value is -3.18. The van der Waals surface area contributed by atoms with E-state index in [4.69, 9.17) is 14.5 Å². The number of aryl methyl sites for hydroxylation is 1. The third kappa shape index (κ3) is 6.45. The van der Waals surface area contributed by atoms with Crippen LogP contribution in [0.2, 0.25) is 0 Å². The van der Waals surface area contributed by atoms with Crippen molar-refractivity contribution in [1.29, 1.82) is 0 Å². The van der Waals surface area contributed by atoms with Crippen LogP contribution in [0.1, 0.15) is 49.6 Å². The number of hydrogen-bond acceptors (Lipinski definition) is 5. The van der Waals surface area contributed by atoms with Crippen molar-refractivity contribution in [2.24, 2.45) is 0 Å². The van der Waals surface area contributed by atoms with Gasteiger partial charge in [0.25, 0.3) is 0 Å². The highest BCUT2D eigenvalue weighted by Gasteiger charge is 2.21. The van der Waals surface area contributed by atoms with Crippen molar-refractivity contribution in [1.82, 2.24) is 9.88 Å². The molecule has 0 fully saturated rings. The van der Waals surface area contributed by atoms with E-state index in [1.165, 1.54) is 5.56 Å². The van der Waals surface area contributed by atoms with Crippen LogP contribution in [0, 0.1) is 6.92 Å². The number of benzene rings is 2. The van der Waals surface area contributed by atoms with Crippen LogP contribution in [0.4, 0.5) is 0 Å². The minimum atomic E-state index is -0.434. The Balaban J connectivity index is 1.37. The number of hydrogen-bond donors (Lipinski definition) is 0. The lowest BCUT2D eigenvalue weighted by Crippen LogP contribution is -2.34. The summed E-state index contributed by atoms with van der Waals surface area (Å²) in [5.41, 5.74) is 6.28. The van der Waals surface area contributed by atoms with Crippen LogP contribution in [0.25, 0.3) is 11.3 Å². The number of aromatic nitrogens is 1. The van der Waals surface area contributed by atoms with Crippen molar-refractivity contribution >= 4 is 5.97 Å². The average Bonchev–Trinajstić information content (AvgIpc) is 2.81. The molecular formula is C29H34N2O3. The van der Waals surface area contributed by atoms with Gasteiger partial charge in [0.1, 0.15) is 18.0 Å². The molecule has 0 N–H and O–H groups in total. The summed E-state index contributed by atoms with van der Waals surface area (Å²) in [6, 6.07) is 20.7. The molecule has 0 atom stereocenters. The molecule has 5 nitrogen and oxygen atoms in total. The number of pyridine rings is 1. The van der Waals surface area contributed by atoms with Gasteiger partial charge in [0, 0.05) is 37.3 Å². The minimum Gasteiger partial charge on any atom is -0.489 e. The molecule has 3 aromatic rings. The summed E-state index contributed by atoms with van der Waals surface area (Å²) in [4.78, 5) is 19.3. The Morgan fingerprint density at radius 2 is 1.85 bits per heavy atom. The molecule has 0 spiro atoms. The van der Waals surface area contributed by atoms with Gasteiger partial charge in [-0.25, -0.2) is 0 Å². The van der Waals surface area contributed by atoms with Gasteiger partial charge in [0.15, 0.2) is 0 Å². The Kier molecular flexibility index (Phi) is 7.32. The van der Waals surface area contributed by atoms with Crippen LogP contribution in [-0.2, 0) is 29.1 Å². The van der Waals surface area contributed by atoms with Crippen LogP contribution < -0.4 is 4.74 Å². The van der Waals surface area contributed by atoms with E-state index in [-0.39, 0.29) is 5.97 Å². The highest BCUT2D eigenvalue weighted by molar-refractivity contribution is 5.70. The van der Waals surface area contributed by atoms with E-state index in [1.807, 2.05) is 45.0 Å². The molecule has 0 bridgehead atoms. The largest absolute Gasteiger partial charge is 0.489 e. The lowest BCUT2D eigenvalue weighted by molar-refractivity contribution is -0.155. The Labute approximate surface area is 202 Å². The van der Waals surface area contributed by atoms with E-state index < -0.39 is 5.60 Å². The molecular weight excluding hydrogens is 424 g/mol. The van der Waals surface area contributed by atoms with Crippen molar-refractivity contribution in [3.05, 3.63) is 83.0 Å². The van der Waals surface area contributed by atoms with Crippen molar-refractivity contribution in [3.63, 3.8) is 0 Å². The minimum absolute atomic E-state index is 0.140. The SMILES string of the molecule is Cc1cc(-c2ccc3c(n2)CCN(CCC(=O)OC(C)(C)C)C3)ccc1OCc1ccccc1. The monoisotopic (exact) mass is 458 g/mol. The molecule has 2 heterocycles. The van der Waals surface area contributed by atoms with E-state index in [2.05, 4.69) is 48.2 Å². The Morgan fingerprint density at radius 1 is 1.06 bits per heavy atom. The number of fused-ring (bicyclic) bond motifs is 1. The molecule has 2 aromatic carbocycles. The molecule has 1 aliphatic rings. The fourth-order valence-electron chi connectivity index (χ4n) is 4.17. The maximum Gasteiger partial charge on any atom is 0.307 e. The number of esters is 1. The molecule has 0 radical (unpaired) electrons. The maximum atomic E-state index is 12.0. The molecule has 34 heavy (non-hydrogen) atoms. The first-order valence-corrected chi connectivity index (χ1v) is 12.0. The Morgan fingerprint density at radius 3 is 2.59 bits per heavy atom. The zero-order chi connectivity index (χ0) is 24.1. The normalized spacial score (nSPS) is 13.9. The summed E-state index contributed by atoms with van der Waals surface area (Å²) in [5, 5.41) is 0.